The van der Waals surface area contributed by atoms with E-state index in [1.54, 1.807) is 11.3 Å². The lowest BCUT2D eigenvalue weighted by molar-refractivity contribution is -0.117. The van der Waals surface area contributed by atoms with Crippen molar-refractivity contribution in [2.75, 3.05) is 18.9 Å². The first-order valence-electron chi connectivity index (χ1n) is 8.39. The maximum absolute atomic E-state index is 12.4. The third kappa shape index (κ3) is 4.00. The van der Waals surface area contributed by atoms with E-state index < -0.39 is 0 Å². The number of anilines is 1. The van der Waals surface area contributed by atoms with E-state index in [2.05, 4.69) is 15.5 Å². The molecule has 0 saturated carbocycles. The van der Waals surface area contributed by atoms with Crippen LogP contribution in [0.2, 0.25) is 0 Å². The fraction of sp³-hybridized carbons (Fsp3) is 0.316. The van der Waals surface area contributed by atoms with Crippen molar-refractivity contribution in [3.05, 3.63) is 52.7 Å². The minimum absolute atomic E-state index is 0.0777. The molecule has 0 saturated heterocycles. The summed E-state index contributed by atoms with van der Waals surface area (Å²) in [6.45, 7) is 6.20. The molecule has 0 fully saturated rings. The number of aromatic nitrogens is 2. The van der Waals surface area contributed by atoms with Crippen molar-refractivity contribution in [1.82, 2.24) is 15.0 Å². The van der Waals surface area contributed by atoms with Crippen LogP contribution in [0.25, 0.3) is 10.7 Å². The third-order valence-corrected chi connectivity index (χ3v) is 5.34. The summed E-state index contributed by atoms with van der Waals surface area (Å²) < 4.78 is 5.38. The smallest absolute Gasteiger partial charge is 0.244 e. The first-order chi connectivity index (χ1) is 12.5. The highest BCUT2D eigenvalue weighted by Crippen LogP contribution is 2.25. The number of benzene rings is 1. The molecule has 2 heterocycles. The van der Waals surface area contributed by atoms with Crippen molar-refractivity contribution in [2.24, 2.45) is 0 Å². The van der Waals surface area contributed by atoms with Gasteiger partial charge >= 0.3 is 0 Å². The summed E-state index contributed by atoms with van der Waals surface area (Å²) in [5.41, 5.74) is 3.07. The maximum atomic E-state index is 12.4. The van der Waals surface area contributed by atoms with E-state index in [0.717, 1.165) is 21.7 Å². The summed E-state index contributed by atoms with van der Waals surface area (Å²) in [6.07, 6.45) is 0. The number of amides is 1. The van der Waals surface area contributed by atoms with Crippen LogP contribution >= 0.6 is 11.3 Å². The lowest BCUT2D eigenvalue weighted by Crippen LogP contribution is -2.32. The van der Waals surface area contributed by atoms with Gasteiger partial charge in [-0.1, -0.05) is 23.4 Å². The van der Waals surface area contributed by atoms with Crippen LogP contribution in [0.1, 0.15) is 30.0 Å². The van der Waals surface area contributed by atoms with Gasteiger partial charge in [0.05, 0.1) is 17.5 Å². The maximum Gasteiger partial charge on any atom is 0.244 e. The van der Waals surface area contributed by atoms with Gasteiger partial charge in [-0.2, -0.15) is 4.98 Å². The quantitative estimate of drug-likeness (QED) is 0.709. The van der Waals surface area contributed by atoms with E-state index in [1.807, 2.05) is 68.4 Å². The molecule has 0 aliphatic heterocycles. The minimum Gasteiger partial charge on any atom is -0.337 e. The van der Waals surface area contributed by atoms with Gasteiger partial charge in [0.2, 0.25) is 17.6 Å². The van der Waals surface area contributed by atoms with Crippen LogP contribution in [0, 0.1) is 13.8 Å². The van der Waals surface area contributed by atoms with Gasteiger partial charge in [0, 0.05) is 5.69 Å². The fourth-order valence-corrected chi connectivity index (χ4v) is 3.19. The van der Waals surface area contributed by atoms with Crippen LogP contribution < -0.4 is 5.32 Å². The minimum atomic E-state index is -0.166. The summed E-state index contributed by atoms with van der Waals surface area (Å²) in [5, 5.41) is 8.97. The van der Waals surface area contributed by atoms with Crippen molar-refractivity contribution in [1.29, 1.82) is 0 Å². The van der Waals surface area contributed by atoms with Gasteiger partial charge in [0.15, 0.2) is 0 Å². The zero-order valence-corrected chi connectivity index (χ0v) is 16.1. The molecule has 7 heteroatoms. The Morgan fingerprint density at radius 3 is 2.85 bits per heavy atom. The molecule has 1 N–H and O–H groups in total. The fourth-order valence-electron chi connectivity index (χ4n) is 2.54. The summed E-state index contributed by atoms with van der Waals surface area (Å²) in [6, 6.07) is 9.61. The molecule has 26 heavy (non-hydrogen) atoms. The Hall–Kier alpha value is -2.51. The monoisotopic (exact) mass is 370 g/mol. The highest BCUT2D eigenvalue weighted by atomic mass is 32.1. The second-order valence-electron chi connectivity index (χ2n) is 6.32. The molecular formula is C19H22N4O2S. The van der Waals surface area contributed by atoms with E-state index in [-0.39, 0.29) is 18.5 Å². The number of nitrogens with one attached hydrogen (secondary N) is 1. The number of likely N-dealkylation sites (N-methyl/N-ethyl adjacent to an activating group) is 1. The Bertz CT molecular complexity index is 889. The van der Waals surface area contributed by atoms with E-state index in [1.165, 1.54) is 0 Å². The summed E-state index contributed by atoms with van der Waals surface area (Å²) >= 11 is 1.56. The second kappa shape index (κ2) is 7.80. The van der Waals surface area contributed by atoms with Crippen molar-refractivity contribution in [2.45, 2.75) is 26.8 Å². The van der Waals surface area contributed by atoms with Crippen molar-refractivity contribution in [3.63, 3.8) is 0 Å². The van der Waals surface area contributed by atoms with Gasteiger partial charge in [-0.05, 0) is 56.5 Å². The Balaban J connectivity index is 1.63. The molecule has 136 valence electrons. The normalized spacial score (nSPS) is 12.3. The average Bonchev–Trinajstić information content (AvgIpc) is 3.29. The van der Waals surface area contributed by atoms with Crippen molar-refractivity contribution >= 4 is 22.9 Å². The highest BCUT2D eigenvalue weighted by Gasteiger charge is 2.21. The van der Waals surface area contributed by atoms with Gasteiger partial charge in [0.1, 0.15) is 0 Å². The van der Waals surface area contributed by atoms with E-state index in [0.29, 0.717) is 11.7 Å². The molecule has 3 rings (SSSR count). The Morgan fingerprint density at radius 1 is 1.31 bits per heavy atom. The molecule has 2 aromatic heterocycles. The molecule has 0 spiro atoms. The molecule has 0 aliphatic carbocycles. The second-order valence-corrected chi connectivity index (χ2v) is 7.27. The Morgan fingerprint density at radius 2 is 2.12 bits per heavy atom. The van der Waals surface area contributed by atoms with Crippen LogP contribution in [0.3, 0.4) is 0 Å². The Kier molecular flexibility index (Phi) is 5.49. The molecule has 3 aromatic rings. The van der Waals surface area contributed by atoms with Crippen molar-refractivity contribution < 1.29 is 9.32 Å². The van der Waals surface area contributed by atoms with E-state index in [4.69, 9.17) is 4.52 Å². The molecule has 1 aromatic carbocycles. The third-order valence-electron chi connectivity index (χ3n) is 4.47. The predicted octanol–water partition coefficient (Wildman–Crippen LogP) is 4.05. The number of carbonyl (C=O) groups is 1. The largest absolute Gasteiger partial charge is 0.337 e. The van der Waals surface area contributed by atoms with E-state index in [9.17, 15) is 4.79 Å². The number of nitrogens with zero attached hydrogens (tertiary/aromatic N) is 3. The molecule has 0 bridgehead atoms. The molecule has 1 unspecified atom stereocenters. The zero-order chi connectivity index (χ0) is 18.7. The van der Waals surface area contributed by atoms with Gasteiger partial charge in [-0.3, -0.25) is 9.69 Å². The lowest BCUT2D eigenvalue weighted by atomic mass is 10.1. The summed E-state index contributed by atoms with van der Waals surface area (Å²) in [7, 11) is 1.86. The lowest BCUT2D eigenvalue weighted by Gasteiger charge is -2.21. The standard InChI is InChI=1S/C19H22N4O2S/c1-12-7-5-8-15(13(12)2)20-17(24)11-23(4)14(3)19-21-18(22-25-19)16-9-6-10-26-16/h5-10,14H,11H2,1-4H3,(H,20,24). The molecule has 6 nitrogen and oxygen atoms in total. The number of thiophene rings is 1. The first-order valence-corrected chi connectivity index (χ1v) is 9.27. The average molecular weight is 370 g/mol. The number of carbonyl (C=O) groups excluding carboxylic acids is 1. The first kappa shape index (κ1) is 18.3. The highest BCUT2D eigenvalue weighted by molar-refractivity contribution is 7.13. The topological polar surface area (TPSA) is 71.3 Å². The zero-order valence-electron chi connectivity index (χ0n) is 15.3. The molecular weight excluding hydrogens is 348 g/mol. The SMILES string of the molecule is Cc1cccc(NC(=O)CN(C)C(C)c2nc(-c3cccs3)no2)c1C. The van der Waals surface area contributed by atoms with Crippen molar-refractivity contribution in [3.8, 4) is 10.7 Å². The summed E-state index contributed by atoms with van der Waals surface area (Å²) in [4.78, 5) is 19.7. The summed E-state index contributed by atoms with van der Waals surface area (Å²) in [5.74, 6) is 0.997. The van der Waals surface area contributed by atoms with Gasteiger partial charge < -0.3 is 9.84 Å². The molecule has 0 radical (unpaired) electrons. The van der Waals surface area contributed by atoms with Gasteiger partial charge in [-0.15, -0.1) is 11.3 Å². The van der Waals surface area contributed by atoms with Crippen LogP contribution in [-0.2, 0) is 4.79 Å². The van der Waals surface area contributed by atoms with E-state index >= 15 is 0 Å². The number of hydrogen-bond acceptors (Lipinski definition) is 6. The predicted molar refractivity (Wildman–Crippen MR) is 103 cm³/mol. The van der Waals surface area contributed by atoms with Crippen LogP contribution in [-0.4, -0.2) is 34.5 Å². The number of hydrogen-bond donors (Lipinski definition) is 1. The number of aryl methyl sites for hydroxylation is 1. The van der Waals surface area contributed by atoms with Gasteiger partial charge in [0.25, 0.3) is 0 Å². The molecule has 0 aliphatic rings. The molecule has 1 amide bonds. The van der Waals surface area contributed by atoms with Crippen LogP contribution in [0.5, 0.6) is 0 Å². The van der Waals surface area contributed by atoms with Gasteiger partial charge in [-0.25, -0.2) is 0 Å². The Labute approximate surface area is 156 Å². The molecule has 1 atom stereocenters. The van der Waals surface area contributed by atoms with Crippen LogP contribution in [0.4, 0.5) is 5.69 Å². The van der Waals surface area contributed by atoms with Crippen LogP contribution in [0.15, 0.2) is 40.2 Å². The number of rotatable bonds is 6.